The van der Waals surface area contributed by atoms with Gasteiger partial charge in [-0.05, 0) is 43.7 Å². The van der Waals surface area contributed by atoms with Crippen molar-refractivity contribution in [3.63, 3.8) is 0 Å². The van der Waals surface area contributed by atoms with Crippen molar-refractivity contribution in [1.29, 1.82) is 0 Å². The van der Waals surface area contributed by atoms with Gasteiger partial charge in [-0.3, -0.25) is 4.79 Å². The van der Waals surface area contributed by atoms with Gasteiger partial charge in [0.25, 0.3) is 0 Å². The van der Waals surface area contributed by atoms with Gasteiger partial charge < -0.3 is 4.42 Å². The van der Waals surface area contributed by atoms with Crippen molar-refractivity contribution in [2.24, 2.45) is 0 Å². The van der Waals surface area contributed by atoms with E-state index in [-0.39, 0.29) is 5.78 Å². The maximum atomic E-state index is 12.5. The molecule has 0 aliphatic rings. The molecule has 0 spiro atoms. The molecule has 0 amide bonds. The van der Waals surface area contributed by atoms with Gasteiger partial charge in [0.15, 0.2) is 5.76 Å². The Kier molecular flexibility index (Phi) is 3.40. The summed E-state index contributed by atoms with van der Waals surface area (Å²) in [7, 11) is 0. The first kappa shape index (κ1) is 13.4. The highest BCUT2D eigenvalue weighted by Gasteiger charge is 2.20. The molecule has 0 atom stereocenters. The zero-order valence-corrected chi connectivity index (χ0v) is 12.8. The first-order valence-electron chi connectivity index (χ1n) is 6.42. The maximum Gasteiger partial charge on any atom is 0.238 e. The van der Waals surface area contributed by atoms with Crippen LogP contribution in [0.4, 0.5) is 0 Å². The third-order valence-corrected chi connectivity index (χ3v) is 4.80. The molecule has 0 unspecified atom stereocenters. The van der Waals surface area contributed by atoms with Crippen LogP contribution in [-0.2, 0) is 6.42 Å². The van der Waals surface area contributed by atoms with Gasteiger partial charge in [-0.25, -0.2) is 0 Å². The lowest BCUT2D eigenvalue weighted by Crippen LogP contribution is -1.98. The van der Waals surface area contributed by atoms with E-state index in [9.17, 15) is 4.79 Å². The van der Waals surface area contributed by atoms with E-state index in [1.165, 1.54) is 16.2 Å². The van der Waals surface area contributed by atoms with Crippen LogP contribution in [0.2, 0.25) is 5.02 Å². The fraction of sp³-hybridized carbons (Fsp3) is 0.188. The molecule has 0 aliphatic carbocycles. The van der Waals surface area contributed by atoms with Gasteiger partial charge >= 0.3 is 0 Å². The van der Waals surface area contributed by atoms with Gasteiger partial charge in [-0.2, -0.15) is 0 Å². The van der Waals surface area contributed by atoms with Gasteiger partial charge in [0.1, 0.15) is 5.58 Å². The summed E-state index contributed by atoms with van der Waals surface area (Å²) in [6, 6.07) is 9.26. The highest BCUT2D eigenvalue weighted by Crippen LogP contribution is 2.30. The predicted molar refractivity (Wildman–Crippen MR) is 83.1 cm³/mol. The molecule has 3 aromatic rings. The second-order valence-corrected chi connectivity index (χ2v) is 6.25. The topological polar surface area (TPSA) is 30.2 Å². The first-order valence-corrected chi connectivity index (χ1v) is 7.61. The normalized spacial score (nSPS) is 11.2. The van der Waals surface area contributed by atoms with E-state index in [1.807, 2.05) is 25.1 Å². The van der Waals surface area contributed by atoms with Crippen LogP contribution in [-0.4, -0.2) is 5.78 Å². The molecule has 2 aromatic heterocycles. The van der Waals surface area contributed by atoms with E-state index < -0.39 is 0 Å². The van der Waals surface area contributed by atoms with Crippen LogP contribution in [0.25, 0.3) is 11.0 Å². The minimum Gasteiger partial charge on any atom is -0.452 e. The molecule has 3 rings (SSSR count). The monoisotopic (exact) mass is 304 g/mol. The molecule has 0 bridgehead atoms. The number of carbonyl (C=O) groups is 1. The Balaban J connectivity index is 2.09. The fourth-order valence-corrected chi connectivity index (χ4v) is 3.27. The van der Waals surface area contributed by atoms with Crippen molar-refractivity contribution in [2.75, 3.05) is 0 Å². The number of hydrogen-bond donors (Lipinski definition) is 0. The summed E-state index contributed by atoms with van der Waals surface area (Å²) in [4.78, 5) is 14.5. The van der Waals surface area contributed by atoms with Gasteiger partial charge in [-0.15, -0.1) is 11.3 Å². The van der Waals surface area contributed by atoms with Crippen molar-refractivity contribution in [3.05, 3.63) is 56.4 Å². The van der Waals surface area contributed by atoms with Crippen molar-refractivity contribution in [3.8, 4) is 0 Å². The van der Waals surface area contributed by atoms with Gasteiger partial charge in [-0.1, -0.05) is 18.5 Å². The number of benzene rings is 1. The molecule has 2 heterocycles. The zero-order valence-electron chi connectivity index (χ0n) is 11.2. The molecule has 0 N–H and O–H groups in total. The summed E-state index contributed by atoms with van der Waals surface area (Å²) in [5.41, 5.74) is 1.54. The summed E-state index contributed by atoms with van der Waals surface area (Å²) in [5, 5.41) is 1.54. The van der Waals surface area contributed by atoms with E-state index >= 15 is 0 Å². The van der Waals surface area contributed by atoms with E-state index in [0.717, 1.165) is 22.2 Å². The molecular weight excluding hydrogens is 292 g/mol. The number of thiophene rings is 1. The summed E-state index contributed by atoms with van der Waals surface area (Å²) in [5.74, 6) is 0.353. The van der Waals surface area contributed by atoms with Crippen LogP contribution < -0.4 is 0 Å². The van der Waals surface area contributed by atoms with Crippen LogP contribution in [0.15, 0.2) is 34.7 Å². The summed E-state index contributed by atoms with van der Waals surface area (Å²) in [6.45, 7) is 3.97. The standard InChI is InChI=1S/C16H13ClO2S/c1-3-11-5-7-14(20-11)15(18)16-9(2)12-8-10(17)4-6-13(12)19-16/h4-8H,3H2,1-2H3. The lowest BCUT2D eigenvalue weighted by atomic mass is 10.1. The summed E-state index contributed by atoms with van der Waals surface area (Å²) in [6.07, 6.45) is 0.937. The molecule has 0 radical (unpaired) electrons. The second-order valence-electron chi connectivity index (χ2n) is 4.65. The molecule has 2 nitrogen and oxygen atoms in total. The van der Waals surface area contributed by atoms with Crippen molar-refractivity contribution in [1.82, 2.24) is 0 Å². The molecule has 102 valence electrons. The maximum absolute atomic E-state index is 12.5. The number of rotatable bonds is 3. The average molecular weight is 305 g/mol. The molecular formula is C16H13ClO2S. The van der Waals surface area contributed by atoms with E-state index in [2.05, 4.69) is 6.92 Å². The fourth-order valence-electron chi connectivity index (χ4n) is 2.21. The van der Waals surface area contributed by atoms with Gasteiger partial charge in [0.2, 0.25) is 5.78 Å². The average Bonchev–Trinajstić information content (AvgIpc) is 3.04. The molecule has 1 aromatic carbocycles. The first-order chi connectivity index (χ1) is 9.60. The molecule has 20 heavy (non-hydrogen) atoms. The number of hydrogen-bond acceptors (Lipinski definition) is 3. The Hall–Kier alpha value is -1.58. The number of carbonyl (C=O) groups excluding carboxylic acids is 1. The van der Waals surface area contributed by atoms with Crippen molar-refractivity contribution < 1.29 is 9.21 Å². The molecule has 0 aliphatic heterocycles. The largest absolute Gasteiger partial charge is 0.452 e. The molecule has 0 saturated heterocycles. The lowest BCUT2D eigenvalue weighted by molar-refractivity contribution is 0.101. The molecule has 0 saturated carbocycles. The Bertz CT molecular complexity index is 798. The Morgan fingerprint density at radius 2 is 2.10 bits per heavy atom. The summed E-state index contributed by atoms with van der Waals surface area (Å²) >= 11 is 7.52. The second kappa shape index (κ2) is 5.08. The van der Waals surface area contributed by atoms with E-state index in [4.69, 9.17) is 16.0 Å². The lowest BCUT2D eigenvalue weighted by Gasteiger charge is -1.94. The van der Waals surface area contributed by atoms with Crippen LogP contribution in [0.3, 0.4) is 0 Å². The number of halogens is 1. The van der Waals surface area contributed by atoms with Crippen LogP contribution in [0, 0.1) is 6.92 Å². The minimum atomic E-state index is -0.0560. The SMILES string of the molecule is CCc1ccc(C(=O)c2oc3ccc(Cl)cc3c2C)s1. The Morgan fingerprint density at radius 1 is 1.30 bits per heavy atom. The van der Waals surface area contributed by atoms with Gasteiger partial charge in [0, 0.05) is 20.8 Å². The predicted octanol–water partition coefficient (Wildman–Crippen LogP) is 5.25. The van der Waals surface area contributed by atoms with Crippen LogP contribution >= 0.6 is 22.9 Å². The smallest absolute Gasteiger partial charge is 0.238 e. The van der Waals surface area contributed by atoms with Gasteiger partial charge in [0.05, 0.1) is 4.88 Å². The molecule has 4 heteroatoms. The number of furan rings is 1. The highest BCUT2D eigenvalue weighted by atomic mass is 35.5. The van der Waals surface area contributed by atoms with Crippen molar-refractivity contribution in [2.45, 2.75) is 20.3 Å². The summed E-state index contributed by atoms with van der Waals surface area (Å²) < 4.78 is 5.71. The number of fused-ring (bicyclic) bond motifs is 1. The van der Waals surface area contributed by atoms with E-state index in [1.54, 1.807) is 12.1 Å². The third-order valence-electron chi connectivity index (χ3n) is 3.34. The van der Waals surface area contributed by atoms with Crippen LogP contribution in [0.5, 0.6) is 0 Å². The number of ketones is 1. The zero-order chi connectivity index (χ0) is 14.3. The van der Waals surface area contributed by atoms with Crippen LogP contribution in [0.1, 0.15) is 32.8 Å². The van der Waals surface area contributed by atoms with Crippen molar-refractivity contribution >= 4 is 39.7 Å². The quantitative estimate of drug-likeness (QED) is 0.619. The van der Waals surface area contributed by atoms with E-state index in [0.29, 0.717) is 16.4 Å². The highest BCUT2D eigenvalue weighted by molar-refractivity contribution is 7.14. The Labute approximate surface area is 126 Å². The minimum absolute atomic E-state index is 0.0560. The number of aryl methyl sites for hydroxylation is 2. The Morgan fingerprint density at radius 3 is 2.80 bits per heavy atom. The molecule has 0 fully saturated rings. The third kappa shape index (κ3) is 2.17.